The molecule has 0 fully saturated rings. The molecule has 0 atom stereocenters. The van der Waals surface area contributed by atoms with Crippen LogP contribution in [0.3, 0.4) is 0 Å². The summed E-state index contributed by atoms with van der Waals surface area (Å²) in [6, 6.07) is 5.72. The molecule has 0 saturated carbocycles. The van der Waals surface area contributed by atoms with Crippen molar-refractivity contribution in [3.05, 3.63) is 23.8 Å². The summed E-state index contributed by atoms with van der Waals surface area (Å²) >= 11 is 0. The summed E-state index contributed by atoms with van der Waals surface area (Å²) in [5, 5.41) is 0. The molecule has 0 aliphatic rings. The van der Waals surface area contributed by atoms with E-state index >= 15 is 0 Å². The van der Waals surface area contributed by atoms with E-state index in [2.05, 4.69) is 0 Å². The van der Waals surface area contributed by atoms with Gasteiger partial charge in [0.05, 0.1) is 0 Å². The Labute approximate surface area is 90.2 Å². The average Bonchev–Trinajstić information content (AvgIpc) is 2.26. The van der Waals surface area contributed by atoms with E-state index in [0.29, 0.717) is 26.3 Å². The maximum atomic E-state index is 5.47. The van der Waals surface area contributed by atoms with E-state index in [0.717, 1.165) is 17.1 Å². The Morgan fingerprint density at radius 1 is 1.07 bits per heavy atom. The van der Waals surface area contributed by atoms with E-state index in [1.807, 2.05) is 25.1 Å². The molecule has 0 aromatic heterocycles. The van der Waals surface area contributed by atoms with Gasteiger partial charge in [-0.25, -0.2) is 0 Å². The van der Waals surface area contributed by atoms with Crippen LogP contribution in [0.1, 0.15) is 5.56 Å². The Balaban J connectivity index is 2.66. The Morgan fingerprint density at radius 3 is 2.40 bits per heavy atom. The maximum absolute atomic E-state index is 5.47. The normalized spacial score (nSPS) is 10.1. The predicted octanol–water partition coefficient (Wildman–Crippen LogP) is 0.670. The fourth-order valence-corrected chi connectivity index (χ4v) is 1.17. The number of hydrogen-bond acceptors (Lipinski definition) is 4. The lowest BCUT2D eigenvalue weighted by Gasteiger charge is -2.10. The first kappa shape index (κ1) is 11.8. The lowest BCUT2D eigenvalue weighted by atomic mass is 10.2. The smallest absolute Gasteiger partial charge is 0.125 e. The van der Waals surface area contributed by atoms with Gasteiger partial charge < -0.3 is 20.9 Å². The molecule has 0 heterocycles. The summed E-state index contributed by atoms with van der Waals surface area (Å²) in [5.74, 6) is 1.59. The van der Waals surface area contributed by atoms with E-state index in [4.69, 9.17) is 20.9 Å². The third-order valence-electron chi connectivity index (χ3n) is 1.92. The van der Waals surface area contributed by atoms with Gasteiger partial charge >= 0.3 is 0 Å². The zero-order valence-corrected chi connectivity index (χ0v) is 9.03. The molecule has 0 spiro atoms. The van der Waals surface area contributed by atoms with Crippen LogP contribution in [0, 0.1) is 6.92 Å². The molecule has 0 aliphatic heterocycles. The van der Waals surface area contributed by atoms with Crippen LogP contribution < -0.4 is 20.9 Å². The molecule has 1 rings (SSSR count). The number of ether oxygens (including phenoxy) is 2. The molecule has 4 nitrogen and oxygen atoms in total. The molecule has 0 saturated heterocycles. The van der Waals surface area contributed by atoms with Gasteiger partial charge in [0.15, 0.2) is 0 Å². The summed E-state index contributed by atoms with van der Waals surface area (Å²) in [5.41, 5.74) is 11.8. The zero-order valence-electron chi connectivity index (χ0n) is 9.03. The predicted molar refractivity (Wildman–Crippen MR) is 60.3 cm³/mol. The highest BCUT2D eigenvalue weighted by Crippen LogP contribution is 2.23. The van der Waals surface area contributed by atoms with Crippen LogP contribution in [0.4, 0.5) is 0 Å². The van der Waals surface area contributed by atoms with Gasteiger partial charge in [0.2, 0.25) is 0 Å². The van der Waals surface area contributed by atoms with Gasteiger partial charge in [-0.15, -0.1) is 0 Å². The molecule has 84 valence electrons. The van der Waals surface area contributed by atoms with Crippen molar-refractivity contribution >= 4 is 0 Å². The molecular weight excluding hydrogens is 192 g/mol. The molecule has 0 aliphatic carbocycles. The highest BCUT2D eigenvalue weighted by molar-refractivity contribution is 5.39. The van der Waals surface area contributed by atoms with E-state index in [1.165, 1.54) is 0 Å². The minimum atomic E-state index is 0.507. The summed E-state index contributed by atoms with van der Waals surface area (Å²) in [7, 11) is 0. The standard InChI is InChI=1S/C11H18N2O2/c1-9-2-3-10(14-6-4-12)8-11(9)15-7-5-13/h2-3,8H,4-7,12-13H2,1H3. The monoisotopic (exact) mass is 210 g/mol. The van der Waals surface area contributed by atoms with Gasteiger partial charge in [0, 0.05) is 19.2 Å². The summed E-state index contributed by atoms with van der Waals surface area (Å²) in [6.45, 7) is 4.03. The number of aryl methyl sites for hydroxylation is 1. The van der Waals surface area contributed by atoms with Crippen LogP contribution in [0.2, 0.25) is 0 Å². The van der Waals surface area contributed by atoms with Gasteiger partial charge in [-0.2, -0.15) is 0 Å². The topological polar surface area (TPSA) is 70.5 Å². The molecule has 0 radical (unpaired) electrons. The highest BCUT2D eigenvalue weighted by Gasteiger charge is 2.01. The third kappa shape index (κ3) is 3.77. The molecule has 0 amide bonds. The quantitative estimate of drug-likeness (QED) is 0.724. The molecule has 0 bridgehead atoms. The van der Waals surface area contributed by atoms with Crippen molar-refractivity contribution in [2.75, 3.05) is 26.3 Å². The lowest BCUT2D eigenvalue weighted by Crippen LogP contribution is -2.12. The third-order valence-corrected chi connectivity index (χ3v) is 1.92. The Morgan fingerprint density at radius 2 is 1.73 bits per heavy atom. The maximum Gasteiger partial charge on any atom is 0.125 e. The second-order valence-electron chi connectivity index (χ2n) is 3.20. The molecule has 1 aromatic rings. The Hall–Kier alpha value is -1.26. The average molecular weight is 210 g/mol. The van der Waals surface area contributed by atoms with E-state index in [9.17, 15) is 0 Å². The summed E-state index contributed by atoms with van der Waals surface area (Å²) in [4.78, 5) is 0. The first-order chi connectivity index (χ1) is 7.27. The van der Waals surface area contributed by atoms with Crippen LogP contribution in [0.5, 0.6) is 11.5 Å². The molecule has 1 aromatic carbocycles. The molecular formula is C11H18N2O2. The van der Waals surface area contributed by atoms with Crippen molar-refractivity contribution in [3.63, 3.8) is 0 Å². The summed E-state index contributed by atoms with van der Waals surface area (Å²) < 4.78 is 10.9. The summed E-state index contributed by atoms with van der Waals surface area (Å²) in [6.07, 6.45) is 0. The van der Waals surface area contributed by atoms with Crippen LogP contribution >= 0.6 is 0 Å². The number of benzene rings is 1. The number of hydrogen-bond donors (Lipinski definition) is 2. The van der Waals surface area contributed by atoms with Crippen molar-refractivity contribution in [3.8, 4) is 11.5 Å². The fraction of sp³-hybridized carbons (Fsp3) is 0.455. The minimum absolute atomic E-state index is 0.507. The van der Waals surface area contributed by atoms with E-state index in [1.54, 1.807) is 0 Å². The second-order valence-corrected chi connectivity index (χ2v) is 3.20. The van der Waals surface area contributed by atoms with Crippen molar-refractivity contribution in [1.82, 2.24) is 0 Å². The van der Waals surface area contributed by atoms with Gasteiger partial charge in [-0.1, -0.05) is 6.07 Å². The molecule has 4 N–H and O–H groups in total. The SMILES string of the molecule is Cc1ccc(OCCN)cc1OCCN. The largest absolute Gasteiger partial charge is 0.492 e. The number of rotatable bonds is 6. The van der Waals surface area contributed by atoms with E-state index in [-0.39, 0.29) is 0 Å². The minimum Gasteiger partial charge on any atom is -0.492 e. The van der Waals surface area contributed by atoms with Crippen LogP contribution in [0.15, 0.2) is 18.2 Å². The van der Waals surface area contributed by atoms with Crippen molar-refractivity contribution in [2.45, 2.75) is 6.92 Å². The first-order valence-electron chi connectivity index (χ1n) is 5.04. The van der Waals surface area contributed by atoms with Gasteiger partial charge in [-0.05, 0) is 18.6 Å². The second kappa shape index (κ2) is 6.27. The van der Waals surface area contributed by atoms with Crippen LogP contribution in [-0.4, -0.2) is 26.3 Å². The Bertz CT molecular complexity index is 303. The van der Waals surface area contributed by atoms with Crippen LogP contribution in [-0.2, 0) is 0 Å². The van der Waals surface area contributed by atoms with Crippen molar-refractivity contribution in [1.29, 1.82) is 0 Å². The lowest BCUT2D eigenvalue weighted by molar-refractivity contribution is 0.310. The first-order valence-corrected chi connectivity index (χ1v) is 5.04. The zero-order chi connectivity index (χ0) is 11.1. The molecule has 0 unspecified atom stereocenters. The molecule has 4 heteroatoms. The Kier molecular flexibility index (Phi) is 4.93. The van der Waals surface area contributed by atoms with Gasteiger partial charge in [0.25, 0.3) is 0 Å². The molecule has 15 heavy (non-hydrogen) atoms. The van der Waals surface area contributed by atoms with Gasteiger partial charge in [0.1, 0.15) is 24.7 Å². The highest BCUT2D eigenvalue weighted by atomic mass is 16.5. The van der Waals surface area contributed by atoms with Crippen LogP contribution in [0.25, 0.3) is 0 Å². The van der Waals surface area contributed by atoms with Gasteiger partial charge in [-0.3, -0.25) is 0 Å². The fourth-order valence-electron chi connectivity index (χ4n) is 1.17. The number of nitrogens with two attached hydrogens (primary N) is 2. The van der Waals surface area contributed by atoms with Crippen molar-refractivity contribution < 1.29 is 9.47 Å². The van der Waals surface area contributed by atoms with E-state index < -0.39 is 0 Å². The van der Waals surface area contributed by atoms with Crippen molar-refractivity contribution in [2.24, 2.45) is 11.5 Å².